The van der Waals surface area contributed by atoms with Crippen molar-refractivity contribution in [1.29, 1.82) is 0 Å². The van der Waals surface area contributed by atoms with E-state index < -0.39 is 11.6 Å². The summed E-state index contributed by atoms with van der Waals surface area (Å²) in [6.45, 7) is 3.20. The second kappa shape index (κ2) is 7.46. The number of nitrogens with zero attached hydrogens (tertiary/aromatic N) is 2. The minimum absolute atomic E-state index is 0.0281. The van der Waals surface area contributed by atoms with Crippen molar-refractivity contribution in [3.05, 3.63) is 59.4 Å². The van der Waals surface area contributed by atoms with E-state index in [0.717, 1.165) is 11.1 Å². The molecule has 1 aromatic carbocycles. The van der Waals surface area contributed by atoms with Crippen LogP contribution in [0, 0.1) is 18.6 Å². The summed E-state index contributed by atoms with van der Waals surface area (Å²) >= 11 is 0. The van der Waals surface area contributed by atoms with Gasteiger partial charge in [0.25, 0.3) is 0 Å². The van der Waals surface area contributed by atoms with Crippen molar-refractivity contribution in [3.8, 4) is 0 Å². The number of nitrogens with one attached hydrogen (secondary N) is 2. The smallest absolute Gasteiger partial charge is 0.315 e. The predicted octanol–water partition coefficient (Wildman–Crippen LogP) is 2.75. The van der Waals surface area contributed by atoms with Gasteiger partial charge in [-0.15, -0.1) is 0 Å². The first-order chi connectivity index (χ1) is 12.0. The van der Waals surface area contributed by atoms with Gasteiger partial charge in [0.2, 0.25) is 0 Å². The van der Waals surface area contributed by atoms with Gasteiger partial charge < -0.3 is 15.5 Å². The summed E-state index contributed by atoms with van der Waals surface area (Å²) in [6.07, 6.45) is 4.06. The predicted molar refractivity (Wildman–Crippen MR) is 91.3 cm³/mol. The molecule has 1 unspecified atom stereocenters. The second-order valence-electron chi connectivity index (χ2n) is 6.13. The topological polar surface area (TPSA) is 57.3 Å². The molecule has 2 amide bonds. The van der Waals surface area contributed by atoms with E-state index in [1.807, 2.05) is 13.0 Å². The lowest BCUT2D eigenvalue weighted by atomic mass is 10.1. The maximum Gasteiger partial charge on any atom is 0.315 e. The Kier molecular flexibility index (Phi) is 5.11. The fourth-order valence-corrected chi connectivity index (χ4v) is 2.98. The molecule has 25 heavy (non-hydrogen) atoms. The number of halogens is 2. The quantitative estimate of drug-likeness (QED) is 0.895. The highest BCUT2D eigenvalue weighted by atomic mass is 19.1. The Morgan fingerprint density at radius 1 is 1.32 bits per heavy atom. The van der Waals surface area contributed by atoms with Gasteiger partial charge in [0, 0.05) is 38.1 Å². The lowest BCUT2D eigenvalue weighted by Crippen LogP contribution is -2.43. The highest BCUT2D eigenvalue weighted by Crippen LogP contribution is 2.26. The number of pyridine rings is 1. The highest BCUT2D eigenvalue weighted by Gasteiger charge is 2.27. The van der Waals surface area contributed by atoms with Crippen LogP contribution in [0.4, 0.5) is 19.3 Å². The summed E-state index contributed by atoms with van der Waals surface area (Å²) in [6, 6.07) is 5.23. The summed E-state index contributed by atoms with van der Waals surface area (Å²) in [7, 11) is 0. The average Bonchev–Trinajstić information content (AvgIpc) is 3.02. The number of para-hydroxylation sites is 1. The van der Waals surface area contributed by atoms with E-state index in [1.165, 1.54) is 18.2 Å². The molecule has 0 aliphatic carbocycles. The molecule has 2 aromatic rings. The zero-order valence-corrected chi connectivity index (χ0v) is 13.9. The van der Waals surface area contributed by atoms with Crippen LogP contribution in [0.25, 0.3) is 0 Å². The standard InChI is InChI=1S/C18H20F2N4O/c1-12-9-21-7-5-13(12)10-22-18(25)23-14-6-8-24(11-14)17-15(19)3-2-4-16(17)20/h2-5,7,9,14H,6,8,10-11H2,1H3,(H2,22,23,25). The third-order valence-corrected chi connectivity index (χ3v) is 4.35. The number of urea groups is 1. The molecule has 0 radical (unpaired) electrons. The fraction of sp³-hybridized carbons (Fsp3) is 0.333. The maximum absolute atomic E-state index is 13.9. The van der Waals surface area contributed by atoms with Crippen LogP contribution < -0.4 is 15.5 Å². The van der Waals surface area contributed by atoms with Gasteiger partial charge in [0.1, 0.15) is 17.3 Å². The number of aryl methyl sites for hydroxylation is 1. The monoisotopic (exact) mass is 346 g/mol. The zero-order chi connectivity index (χ0) is 17.8. The van der Waals surface area contributed by atoms with Crippen LogP contribution in [-0.4, -0.2) is 30.1 Å². The van der Waals surface area contributed by atoms with Crippen molar-refractivity contribution in [2.24, 2.45) is 0 Å². The number of rotatable bonds is 4. The van der Waals surface area contributed by atoms with Gasteiger partial charge >= 0.3 is 6.03 Å². The number of benzene rings is 1. The van der Waals surface area contributed by atoms with Crippen molar-refractivity contribution >= 4 is 11.7 Å². The molecule has 5 nitrogen and oxygen atoms in total. The van der Waals surface area contributed by atoms with Crippen LogP contribution in [0.15, 0.2) is 36.7 Å². The Labute approximate surface area is 145 Å². The number of amides is 2. The largest absolute Gasteiger partial charge is 0.365 e. The van der Waals surface area contributed by atoms with Gasteiger partial charge in [-0.1, -0.05) is 6.07 Å². The van der Waals surface area contributed by atoms with E-state index in [2.05, 4.69) is 15.6 Å². The van der Waals surface area contributed by atoms with Crippen molar-refractivity contribution in [2.75, 3.05) is 18.0 Å². The van der Waals surface area contributed by atoms with Crippen LogP contribution in [0.1, 0.15) is 17.5 Å². The van der Waals surface area contributed by atoms with E-state index in [0.29, 0.717) is 26.1 Å². The van der Waals surface area contributed by atoms with Crippen molar-refractivity contribution in [1.82, 2.24) is 15.6 Å². The fourth-order valence-electron chi connectivity index (χ4n) is 2.98. The molecular formula is C18H20F2N4O. The first kappa shape index (κ1) is 17.1. The van der Waals surface area contributed by atoms with Gasteiger partial charge in [-0.3, -0.25) is 4.98 Å². The molecule has 2 N–H and O–H groups in total. The van der Waals surface area contributed by atoms with Crippen LogP contribution in [0.5, 0.6) is 0 Å². The van der Waals surface area contributed by atoms with Crippen LogP contribution in [0.3, 0.4) is 0 Å². The molecule has 1 aliphatic rings. The zero-order valence-electron chi connectivity index (χ0n) is 13.9. The van der Waals surface area contributed by atoms with Gasteiger partial charge in [-0.2, -0.15) is 0 Å². The van der Waals surface area contributed by atoms with E-state index in [1.54, 1.807) is 17.3 Å². The Morgan fingerprint density at radius 3 is 2.80 bits per heavy atom. The lowest BCUT2D eigenvalue weighted by molar-refractivity contribution is 0.237. The molecule has 132 valence electrons. The van der Waals surface area contributed by atoms with Crippen molar-refractivity contribution < 1.29 is 13.6 Å². The summed E-state index contributed by atoms with van der Waals surface area (Å²) in [5.41, 5.74) is 1.97. The summed E-state index contributed by atoms with van der Waals surface area (Å²) in [5.74, 6) is -1.17. The molecule has 1 saturated heterocycles. The summed E-state index contributed by atoms with van der Waals surface area (Å²) < 4.78 is 27.7. The van der Waals surface area contributed by atoms with E-state index in [9.17, 15) is 13.6 Å². The third-order valence-electron chi connectivity index (χ3n) is 4.35. The minimum atomic E-state index is -0.585. The molecule has 1 atom stereocenters. The van der Waals surface area contributed by atoms with Crippen molar-refractivity contribution in [3.63, 3.8) is 0 Å². The molecular weight excluding hydrogens is 326 g/mol. The lowest BCUT2D eigenvalue weighted by Gasteiger charge is -2.20. The van der Waals surface area contributed by atoms with E-state index in [4.69, 9.17) is 0 Å². The minimum Gasteiger partial charge on any atom is -0.365 e. The summed E-state index contributed by atoms with van der Waals surface area (Å²) in [5, 5.41) is 5.65. The number of carbonyl (C=O) groups is 1. The molecule has 0 bridgehead atoms. The molecule has 3 rings (SSSR count). The SMILES string of the molecule is Cc1cnccc1CNC(=O)NC1CCN(c2c(F)cccc2F)C1. The first-order valence-corrected chi connectivity index (χ1v) is 8.17. The van der Waals surface area contributed by atoms with Crippen LogP contribution in [0.2, 0.25) is 0 Å². The molecule has 1 fully saturated rings. The van der Waals surface area contributed by atoms with E-state index in [-0.39, 0.29) is 17.8 Å². The number of anilines is 1. The van der Waals surface area contributed by atoms with Gasteiger partial charge in [-0.25, -0.2) is 13.6 Å². The molecule has 1 aliphatic heterocycles. The molecule has 0 saturated carbocycles. The Hall–Kier alpha value is -2.70. The van der Waals surface area contributed by atoms with Crippen LogP contribution >= 0.6 is 0 Å². The number of hydrogen-bond donors (Lipinski definition) is 2. The van der Waals surface area contributed by atoms with Crippen molar-refractivity contribution in [2.45, 2.75) is 25.9 Å². The second-order valence-corrected chi connectivity index (χ2v) is 6.13. The normalized spacial score (nSPS) is 16.8. The Balaban J connectivity index is 1.53. The molecule has 0 spiro atoms. The Bertz CT molecular complexity index is 748. The third kappa shape index (κ3) is 4.04. The maximum atomic E-state index is 13.9. The van der Waals surface area contributed by atoms with E-state index >= 15 is 0 Å². The van der Waals surface area contributed by atoms with Crippen LogP contribution in [-0.2, 0) is 6.54 Å². The number of hydrogen-bond acceptors (Lipinski definition) is 3. The Morgan fingerprint density at radius 2 is 2.08 bits per heavy atom. The number of aromatic nitrogens is 1. The van der Waals surface area contributed by atoms with Gasteiger partial charge in [-0.05, 0) is 42.7 Å². The molecule has 7 heteroatoms. The first-order valence-electron chi connectivity index (χ1n) is 8.17. The average molecular weight is 346 g/mol. The summed E-state index contributed by atoms with van der Waals surface area (Å²) in [4.78, 5) is 17.7. The molecule has 2 heterocycles. The van der Waals surface area contributed by atoms with Gasteiger partial charge in [0.15, 0.2) is 0 Å². The van der Waals surface area contributed by atoms with Gasteiger partial charge in [0.05, 0.1) is 0 Å². The highest BCUT2D eigenvalue weighted by molar-refractivity contribution is 5.74. The number of carbonyl (C=O) groups excluding carboxylic acids is 1. The molecule has 1 aromatic heterocycles.